The van der Waals surface area contributed by atoms with E-state index in [1.807, 2.05) is 0 Å². The molecule has 1 aromatic rings. The van der Waals surface area contributed by atoms with Crippen LogP contribution in [0.2, 0.25) is 0 Å². The van der Waals surface area contributed by atoms with Crippen molar-refractivity contribution in [1.29, 1.82) is 0 Å². The molecule has 1 N–H and O–H groups in total. The summed E-state index contributed by atoms with van der Waals surface area (Å²) in [4.78, 5) is 0. The predicted molar refractivity (Wildman–Crippen MR) is 68.8 cm³/mol. The maximum atomic E-state index is 5.61. The van der Waals surface area contributed by atoms with Crippen molar-refractivity contribution in [2.75, 3.05) is 17.7 Å². The van der Waals surface area contributed by atoms with Gasteiger partial charge in [0.2, 0.25) is 0 Å². The first-order valence-corrected chi connectivity index (χ1v) is 6.14. The van der Waals surface area contributed by atoms with E-state index in [0.717, 1.165) is 31.2 Å². The molecule has 0 aliphatic heterocycles. The first-order valence-electron chi connectivity index (χ1n) is 5.61. The van der Waals surface area contributed by atoms with Gasteiger partial charge in [0.1, 0.15) is 0 Å². The van der Waals surface area contributed by atoms with Gasteiger partial charge in [-0.1, -0.05) is 26.0 Å². The second kappa shape index (κ2) is 6.73. The Hall–Kier alpha value is -0.690. The van der Waals surface area contributed by atoms with Crippen molar-refractivity contribution in [3.63, 3.8) is 0 Å². The van der Waals surface area contributed by atoms with Crippen LogP contribution in [0.5, 0.6) is 0 Å². The van der Waals surface area contributed by atoms with Gasteiger partial charge in [-0.25, -0.2) is 0 Å². The van der Waals surface area contributed by atoms with Crippen molar-refractivity contribution >= 4 is 17.3 Å². The van der Waals surface area contributed by atoms with Crippen molar-refractivity contribution in [3.05, 3.63) is 29.8 Å². The molecule has 84 valence electrons. The molecular formula is C13H20ClN. The molecule has 0 amide bonds. The summed E-state index contributed by atoms with van der Waals surface area (Å²) < 4.78 is 0. The Morgan fingerprint density at radius 1 is 1.20 bits per heavy atom. The van der Waals surface area contributed by atoms with Gasteiger partial charge in [-0.15, -0.1) is 11.6 Å². The van der Waals surface area contributed by atoms with Crippen molar-refractivity contribution in [2.24, 2.45) is 5.92 Å². The van der Waals surface area contributed by atoms with Crippen LogP contribution in [-0.2, 0) is 6.42 Å². The maximum absolute atomic E-state index is 5.61. The molecule has 0 spiro atoms. The first-order chi connectivity index (χ1) is 7.22. The molecule has 0 saturated heterocycles. The molecule has 15 heavy (non-hydrogen) atoms. The van der Waals surface area contributed by atoms with Gasteiger partial charge in [0.25, 0.3) is 0 Å². The highest BCUT2D eigenvalue weighted by atomic mass is 35.5. The number of nitrogens with one attached hydrogen (secondary N) is 1. The van der Waals surface area contributed by atoms with Gasteiger partial charge in [-0.2, -0.15) is 0 Å². The van der Waals surface area contributed by atoms with E-state index in [-0.39, 0.29) is 0 Å². The molecule has 0 bridgehead atoms. The molecule has 2 heteroatoms. The van der Waals surface area contributed by atoms with Crippen LogP contribution in [0.4, 0.5) is 5.69 Å². The molecule has 0 heterocycles. The van der Waals surface area contributed by atoms with Gasteiger partial charge in [-0.05, 0) is 36.5 Å². The standard InChI is InChI=1S/C13H20ClN/c1-11(2)10-12-4-6-13(7-5-12)15-9-3-8-14/h4-7,11,15H,3,8-10H2,1-2H3. The minimum absolute atomic E-state index is 0.721. The van der Waals surface area contributed by atoms with Crippen LogP contribution in [0.25, 0.3) is 0 Å². The summed E-state index contributed by atoms with van der Waals surface area (Å²) >= 11 is 5.61. The minimum Gasteiger partial charge on any atom is -0.385 e. The van der Waals surface area contributed by atoms with Crippen molar-refractivity contribution in [1.82, 2.24) is 0 Å². The third-order valence-corrected chi connectivity index (χ3v) is 2.50. The molecule has 1 nitrogen and oxygen atoms in total. The van der Waals surface area contributed by atoms with E-state index in [4.69, 9.17) is 11.6 Å². The molecule has 0 unspecified atom stereocenters. The Balaban J connectivity index is 2.42. The Morgan fingerprint density at radius 2 is 1.87 bits per heavy atom. The molecule has 0 aliphatic rings. The Bertz CT molecular complexity index is 266. The number of hydrogen-bond donors (Lipinski definition) is 1. The van der Waals surface area contributed by atoms with Gasteiger partial charge in [0.15, 0.2) is 0 Å². The lowest BCUT2D eigenvalue weighted by Crippen LogP contribution is -2.02. The summed E-state index contributed by atoms with van der Waals surface area (Å²) in [6, 6.07) is 8.68. The molecule has 0 fully saturated rings. The molecular weight excluding hydrogens is 206 g/mol. The Labute approximate surface area is 97.8 Å². The van der Waals surface area contributed by atoms with Crippen LogP contribution in [-0.4, -0.2) is 12.4 Å². The zero-order chi connectivity index (χ0) is 11.1. The van der Waals surface area contributed by atoms with Gasteiger partial charge in [-0.3, -0.25) is 0 Å². The fourth-order valence-electron chi connectivity index (χ4n) is 1.53. The molecule has 1 aromatic carbocycles. The van der Waals surface area contributed by atoms with Crippen LogP contribution in [0.15, 0.2) is 24.3 Å². The van der Waals surface area contributed by atoms with Crippen molar-refractivity contribution in [2.45, 2.75) is 26.7 Å². The second-order valence-corrected chi connectivity index (χ2v) is 4.64. The minimum atomic E-state index is 0.721. The van der Waals surface area contributed by atoms with Gasteiger partial charge in [0.05, 0.1) is 0 Å². The SMILES string of the molecule is CC(C)Cc1ccc(NCCCCl)cc1. The maximum Gasteiger partial charge on any atom is 0.0340 e. The fourth-order valence-corrected chi connectivity index (χ4v) is 1.66. The molecule has 0 aromatic heterocycles. The number of benzene rings is 1. The van der Waals surface area contributed by atoms with Crippen LogP contribution < -0.4 is 5.32 Å². The monoisotopic (exact) mass is 225 g/mol. The van der Waals surface area contributed by atoms with Crippen LogP contribution in [0.3, 0.4) is 0 Å². The highest BCUT2D eigenvalue weighted by Crippen LogP contribution is 2.12. The largest absolute Gasteiger partial charge is 0.385 e. The number of alkyl halides is 1. The molecule has 0 radical (unpaired) electrons. The summed E-state index contributed by atoms with van der Waals surface area (Å²) in [6.07, 6.45) is 2.16. The lowest BCUT2D eigenvalue weighted by molar-refractivity contribution is 0.647. The van der Waals surface area contributed by atoms with E-state index in [2.05, 4.69) is 43.4 Å². The predicted octanol–water partition coefficient (Wildman–Crippen LogP) is 3.93. The zero-order valence-electron chi connectivity index (χ0n) is 9.59. The number of rotatable bonds is 6. The van der Waals surface area contributed by atoms with Crippen LogP contribution >= 0.6 is 11.6 Å². The average Bonchev–Trinajstić information content (AvgIpc) is 2.20. The highest BCUT2D eigenvalue weighted by Gasteiger charge is 1.97. The van der Waals surface area contributed by atoms with E-state index in [1.165, 1.54) is 11.3 Å². The van der Waals surface area contributed by atoms with Gasteiger partial charge < -0.3 is 5.32 Å². The molecule has 0 aliphatic carbocycles. The topological polar surface area (TPSA) is 12.0 Å². The highest BCUT2D eigenvalue weighted by molar-refractivity contribution is 6.17. The van der Waals surface area contributed by atoms with E-state index in [0.29, 0.717) is 0 Å². The van der Waals surface area contributed by atoms with Crippen LogP contribution in [0, 0.1) is 5.92 Å². The molecule has 0 saturated carbocycles. The Morgan fingerprint density at radius 3 is 2.40 bits per heavy atom. The smallest absolute Gasteiger partial charge is 0.0340 e. The van der Waals surface area contributed by atoms with Crippen molar-refractivity contribution in [3.8, 4) is 0 Å². The zero-order valence-corrected chi connectivity index (χ0v) is 10.3. The first kappa shape index (κ1) is 12.4. The summed E-state index contributed by atoms with van der Waals surface area (Å²) in [5, 5.41) is 3.34. The third kappa shape index (κ3) is 5.08. The summed E-state index contributed by atoms with van der Waals surface area (Å²) in [6.45, 7) is 5.44. The summed E-state index contributed by atoms with van der Waals surface area (Å²) in [7, 11) is 0. The number of halogens is 1. The van der Waals surface area contributed by atoms with E-state index < -0.39 is 0 Å². The second-order valence-electron chi connectivity index (χ2n) is 4.26. The summed E-state index contributed by atoms with van der Waals surface area (Å²) in [5.41, 5.74) is 2.60. The van der Waals surface area contributed by atoms with Crippen molar-refractivity contribution < 1.29 is 0 Å². The van der Waals surface area contributed by atoms with E-state index in [9.17, 15) is 0 Å². The van der Waals surface area contributed by atoms with Gasteiger partial charge >= 0.3 is 0 Å². The van der Waals surface area contributed by atoms with Gasteiger partial charge in [0, 0.05) is 18.1 Å². The average molecular weight is 226 g/mol. The summed E-state index contributed by atoms with van der Waals surface area (Å²) in [5.74, 6) is 1.44. The van der Waals surface area contributed by atoms with E-state index >= 15 is 0 Å². The molecule has 0 atom stereocenters. The lowest BCUT2D eigenvalue weighted by atomic mass is 10.0. The number of anilines is 1. The fraction of sp³-hybridized carbons (Fsp3) is 0.538. The van der Waals surface area contributed by atoms with Crippen LogP contribution in [0.1, 0.15) is 25.8 Å². The lowest BCUT2D eigenvalue weighted by Gasteiger charge is -2.08. The van der Waals surface area contributed by atoms with E-state index in [1.54, 1.807) is 0 Å². The normalized spacial score (nSPS) is 10.7. The third-order valence-electron chi connectivity index (χ3n) is 2.24. The molecule has 1 rings (SSSR count). The quantitative estimate of drug-likeness (QED) is 0.572. The Kier molecular flexibility index (Phi) is 5.56. The number of hydrogen-bond acceptors (Lipinski definition) is 1.